The van der Waals surface area contributed by atoms with Gasteiger partial charge in [0, 0.05) is 11.8 Å². The predicted octanol–water partition coefficient (Wildman–Crippen LogP) is 5.23. The normalized spacial score (nSPS) is 11.6. The third-order valence-electron chi connectivity index (χ3n) is 4.93. The maximum absolute atomic E-state index is 13.4. The van der Waals surface area contributed by atoms with Gasteiger partial charge < -0.3 is 10.1 Å². The zero-order valence-electron chi connectivity index (χ0n) is 19.8. The Morgan fingerprint density at radius 2 is 1.83 bits per heavy atom. The van der Waals surface area contributed by atoms with Gasteiger partial charge in [-0.25, -0.2) is 8.78 Å². The molecule has 0 aliphatic carbocycles. The Hall–Kier alpha value is -3.05. The lowest BCUT2D eigenvalue weighted by molar-refractivity contribution is -0.126. The van der Waals surface area contributed by atoms with Gasteiger partial charge in [-0.1, -0.05) is 54.6 Å². The van der Waals surface area contributed by atoms with Crippen LogP contribution in [0.15, 0.2) is 52.9 Å². The number of para-hydroxylation sites is 1. The molecule has 2 N–H and O–H groups in total. The van der Waals surface area contributed by atoms with E-state index < -0.39 is 29.5 Å². The molecule has 0 saturated carbocycles. The largest absolute Gasteiger partial charge is 0.494 e. The molecule has 1 heterocycles. The van der Waals surface area contributed by atoms with Crippen molar-refractivity contribution in [1.82, 2.24) is 15.5 Å². The molecule has 0 spiro atoms. The van der Waals surface area contributed by atoms with Gasteiger partial charge in [-0.2, -0.15) is 0 Å². The highest BCUT2D eigenvalue weighted by Gasteiger charge is 2.22. The molecule has 0 radical (unpaired) electrons. The molecule has 11 heteroatoms. The van der Waals surface area contributed by atoms with Crippen LogP contribution in [0.3, 0.4) is 0 Å². The molecule has 2 amide bonds. The molecule has 36 heavy (non-hydrogen) atoms. The molecule has 2 aromatic carbocycles. The lowest BCUT2D eigenvalue weighted by Gasteiger charge is -2.17. The number of amides is 2. The van der Waals surface area contributed by atoms with Gasteiger partial charge in [0.1, 0.15) is 23.4 Å². The maximum atomic E-state index is 13.4. The lowest BCUT2D eigenvalue weighted by atomic mass is 10.1. The molecule has 1 aromatic heterocycles. The Labute approximate surface area is 217 Å². The first-order chi connectivity index (χ1) is 17.4. The van der Waals surface area contributed by atoms with Crippen molar-refractivity contribution in [2.45, 2.75) is 49.4 Å². The number of aromatic nitrogens is 2. The highest BCUT2D eigenvalue weighted by Crippen LogP contribution is 2.26. The fourth-order valence-electron chi connectivity index (χ4n) is 3.28. The number of unbranched alkanes of at least 4 members (excludes halogenated alkanes) is 1. The number of nitrogens with zero attached hydrogens (tertiary/aromatic N) is 2. The summed E-state index contributed by atoms with van der Waals surface area (Å²) in [5.41, 5.74) is 0.193. The van der Waals surface area contributed by atoms with Gasteiger partial charge >= 0.3 is 0 Å². The van der Waals surface area contributed by atoms with Crippen LogP contribution in [-0.2, 0) is 16.0 Å². The number of hydrogen-bond donors (Lipinski definition) is 2. The highest BCUT2D eigenvalue weighted by molar-refractivity contribution is 8.01. The summed E-state index contributed by atoms with van der Waals surface area (Å²) in [5.74, 6) is -0.734. The Morgan fingerprint density at radius 1 is 1.08 bits per heavy atom. The number of benzene rings is 2. The van der Waals surface area contributed by atoms with E-state index in [1.54, 1.807) is 11.8 Å². The second-order valence-electron chi connectivity index (χ2n) is 7.94. The zero-order valence-corrected chi connectivity index (χ0v) is 21.5. The van der Waals surface area contributed by atoms with Gasteiger partial charge in [-0.3, -0.25) is 14.9 Å². The minimum Gasteiger partial charge on any atom is -0.494 e. The smallest absolute Gasteiger partial charge is 0.248 e. The molecular formula is C25H28F2N4O3S2. The van der Waals surface area contributed by atoms with Crippen molar-refractivity contribution in [3.63, 3.8) is 0 Å². The minimum atomic E-state index is -0.800. The number of carbonyl (C=O) groups is 2. The van der Waals surface area contributed by atoms with Gasteiger partial charge in [-0.05, 0) is 49.1 Å². The second-order valence-corrected chi connectivity index (χ2v) is 10.3. The summed E-state index contributed by atoms with van der Waals surface area (Å²) in [7, 11) is 0. The maximum Gasteiger partial charge on any atom is 0.248 e. The number of ether oxygens (including phenoxy) is 1. The van der Waals surface area contributed by atoms with Crippen LogP contribution < -0.4 is 15.4 Å². The van der Waals surface area contributed by atoms with Gasteiger partial charge in [0.15, 0.2) is 4.34 Å². The number of anilines is 1. The van der Waals surface area contributed by atoms with E-state index in [1.165, 1.54) is 11.3 Å². The average Bonchev–Trinajstić information content (AvgIpc) is 3.28. The third-order valence-corrected chi connectivity index (χ3v) is 6.99. The second kappa shape index (κ2) is 14.5. The van der Waals surface area contributed by atoms with Crippen molar-refractivity contribution in [2.24, 2.45) is 0 Å². The highest BCUT2D eigenvalue weighted by atomic mass is 32.2. The van der Waals surface area contributed by atoms with E-state index in [1.807, 2.05) is 37.3 Å². The summed E-state index contributed by atoms with van der Waals surface area (Å²) in [6.45, 7) is 2.53. The van der Waals surface area contributed by atoms with E-state index in [4.69, 9.17) is 4.74 Å². The standard InChI is InChI=1S/C25H28F2N4O3S2/c1-2-8-21(28-22(32)15-17-13-18(26)16-19(27)14-17)23(33)29-24-30-31-25(36-24)35-12-7-6-11-34-20-9-4-3-5-10-20/h3-5,9-10,13-14,16,21H,2,6-8,11-12,15H2,1H3,(H,28,32)(H,29,30,33). The summed E-state index contributed by atoms with van der Waals surface area (Å²) < 4.78 is 33.2. The van der Waals surface area contributed by atoms with Crippen molar-refractivity contribution in [3.05, 3.63) is 65.7 Å². The van der Waals surface area contributed by atoms with Crippen LogP contribution in [0.5, 0.6) is 5.75 Å². The van der Waals surface area contributed by atoms with Crippen LogP contribution in [0.1, 0.15) is 38.2 Å². The molecule has 0 fully saturated rings. The fraction of sp³-hybridized carbons (Fsp3) is 0.360. The van der Waals surface area contributed by atoms with E-state index in [9.17, 15) is 18.4 Å². The third kappa shape index (κ3) is 9.54. The van der Waals surface area contributed by atoms with Crippen LogP contribution in [0.2, 0.25) is 0 Å². The Balaban J connectivity index is 1.41. The molecule has 7 nitrogen and oxygen atoms in total. The molecule has 0 aliphatic rings. The molecule has 3 rings (SSSR count). The van der Waals surface area contributed by atoms with E-state index in [0.29, 0.717) is 24.6 Å². The number of thioether (sulfide) groups is 1. The van der Waals surface area contributed by atoms with Gasteiger partial charge in [0.05, 0.1) is 13.0 Å². The molecule has 0 bridgehead atoms. The van der Waals surface area contributed by atoms with E-state index in [0.717, 1.165) is 46.9 Å². The molecule has 192 valence electrons. The lowest BCUT2D eigenvalue weighted by Crippen LogP contribution is -2.44. The van der Waals surface area contributed by atoms with Gasteiger partial charge in [0.2, 0.25) is 16.9 Å². The number of rotatable bonds is 14. The summed E-state index contributed by atoms with van der Waals surface area (Å²) >= 11 is 2.82. The number of halogens is 2. The van der Waals surface area contributed by atoms with Crippen LogP contribution in [0.4, 0.5) is 13.9 Å². The first-order valence-corrected chi connectivity index (χ1v) is 13.4. The van der Waals surface area contributed by atoms with Crippen LogP contribution >= 0.6 is 23.1 Å². The van der Waals surface area contributed by atoms with Gasteiger partial charge in [0.25, 0.3) is 0 Å². The summed E-state index contributed by atoms with van der Waals surface area (Å²) in [6, 6.07) is 11.8. The van der Waals surface area contributed by atoms with Crippen LogP contribution in [0.25, 0.3) is 0 Å². The predicted molar refractivity (Wildman–Crippen MR) is 137 cm³/mol. The van der Waals surface area contributed by atoms with Crippen LogP contribution in [0, 0.1) is 11.6 Å². The number of carbonyl (C=O) groups excluding carboxylic acids is 2. The number of hydrogen-bond acceptors (Lipinski definition) is 7. The van der Waals surface area contributed by atoms with Crippen molar-refractivity contribution in [3.8, 4) is 5.75 Å². The summed E-state index contributed by atoms with van der Waals surface area (Å²) in [4.78, 5) is 25.1. The Morgan fingerprint density at radius 3 is 2.56 bits per heavy atom. The van der Waals surface area contributed by atoms with Crippen molar-refractivity contribution >= 4 is 40.0 Å². The average molecular weight is 535 g/mol. The molecule has 0 saturated heterocycles. The molecular weight excluding hydrogens is 506 g/mol. The van der Waals surface area contributed by atoms with Gasteiger partial charge in [-0.15, -0.1) is 10.2 Å². The van der Waals surface area contributed by atoms with Crippen molar-refractivity contribution in [1.29, 1.82) is 0 Å². The molecule has 1 unspecified atom stereocenters. The first kappa shape index (κ1) is 27.5. The zero-order chi connectivity index (χ0) is 25.8. The molecule has 3 aromatic rings. The van der Waals surface area contributed by atoms with Crippen LogP contribution in [-0.4, -0.2) is 40.4 Å². The quantitative estimate of drug-likeness (QED) is 0.167. The van der Waals surface area contributed by atoms with Crippen molar-refractivity contribution < 1.29 is 23.1 Å². The molecule has 1 atom stereocenters. The monoisotopic (exact) mass is 534 g/mol. The summed E-state index contributed by atoms with van der Waals surface area (Å²) in [6.07, 6.45) is 2.67. The fourth-order valence-corrected chi connectivity index (χ4v) is 5.11. The first-order valence-electron chi connectivity index (χ1n) is 11.6. The topological polar surface area (TPSA) is 93.2 Å². The van der Waals surface area contributed by atoms with E-state index in [2.05, 4.69) is 20.8 Å². The Bertz CT molecular complexity index is 1110. The Kier molecular flexibility index (Phi) is 11.1. The number of nitrogens with one attached hydrogen (secondary N) is 2. The minimum absolute atomic E-state index is 0.193. The summed E-state index contributed by atoms with van der Waals surface area (Å²) in [5, 5.41) is 13.8. The molecule has 0 aliphatic heterocycles. The van der Waals surface area contributed by atoms with E-state index >= 15 is 0 Å². The SMILES string of the molecule is CCCC(NC(=O)Cc1cc(F)cc(F)c1)C(=O)Nc1nnc(SCCCCOc2ccccc2)s1. The van der Waals surface area contributed by atoms with E-state index in [-0.39, 0.29) is 12.0 Å². The van der Waals surface area contributed by atoms with Crippen molar-refractivity contribution in [2.75, 3.05) is 17.7 Å².